The van der Waals surface area contributed by atoms with Crippen molar-refractivity contribution in [1.82, 2.24) is 0 Å². The molecule has 1 atom stereocenters. The lowest BCUT2D eigenvalue weighted by Gasteiger charge is -2.18. The monoisotopic (exact) mass is 310 g/mol. The third kappa shape index (κ3) is 5.73. The van der Waals surface area contributed by atoms with E-state index >= 15 is 0 Å². The molecule has 0 aliphatic heterocycles. The second-order valence-electron chi connectivity index (χ2n) is 5.76. The zero-order valence-corrected chi connectivity index (χ0v) is 14.3. The summed E-state index contributed by atoms with van der Waals surface area (Å²) in [6, 6.07) is 21.5. The lowest BCUT2D eigenvalue weighted by Crippen LogP contribution is -2.00. The number of benzene rings is 2. The highest BCUT2D eigenvalue weighted by Crippen LogP contribution is 2.35. The Bertz CT molecular complexity index is 545. The van der Waals surface area contributed by atoms with Gasteiger partial charge in [0.2, 0.25) is 0 Å². The smallest absolute Gasteiger partial charge is 0.0118 e. The normalized spacial score (nSPS) is 12.0. The molecule has 2 aromatic carbocycles. The Hall–Kier alpha value is -1.47. The van der Waals surface area contributed by atoms with Crippen LogP contribution in [-0.4, -0.2) is 0 Å². The topological polar surface area (TPSA) is 0 Å². The highest BCUT2D eigenvalue weighted by molar-refractivity contribution is 8.03. The predicted octanol–water partition coefficient (Wildman–Crippen LogP) is 7.05. The van der Waals surface area contributed by atoms with E-state index in [4.69, 9.17) is 0 Å². The molecular weight excluding hydrogens is 284 g/mol. The molecule has 0 N–H and O–H groups in total. The molecule has 2 rings (SSSR count). The second kappa shape index (κ2) is 9.53. The fourth-order valence-electron chi connectivity index (χ4n) is 2.72. The average Bonchev–Trinajstić information content (AvgIpc) is 2.56. The maximum absolute atomic E-state index is 4.31. The maximum Gasteiger partial charge on any atom is 0.0118 e. The zero-order valence-electron chi connectivity index (χ0n) is 13.5. The van der Waals surface area contributed by atoms with E-state index in [0.29, 0.717) is 5.92 Å². The lowest BCUT2D eigenvalue weighted by molar-refractivity contribution is 0.568. The van der Waals surface area contributed by atoms with Crippen molar-refractivity contribution in [2.75, 3.05) is 0 Å². The van der Waals surface area contributed by atoms with Gasteiger partial charge in [0, 0.05) is 4.90 Å². The van der Waals surface area contributed by atoms with Crippen molar-refractivity contribution in [2.24, 2.45) is 0 Å². The summed E-state index contributed by atoms with van der Waals surface area (Å²) in [6.45, 7) is 6.57. The van der Waals surface area contributed by atoms with Gasteiger partial charge in [-0.1, -0.05) is 93.1 Å². The molecule has 0 nitrogen and oxygen atoms in total. The van der Waals surface area contributed by atoms with Crippen molar-refractivity contribution in [3.05, 3.63) is 77.7 Å². The van der Waals surface area contributed by atoms with Crippen LogP contribution >= 0.6 is 11.8 Å². The van der Waals surface area contributed by atoms with Crippen molar-refractivity contribution in [3.63, 3.8) is 0 Å². The molecule has 0 amide bonds. The number of unbranched alkanes of at least 4 members (excludes halogenated alkanes) is 2. The summed E-state index contributed by atoms with van der Waals surface area (Å²) < 4.78 is 0. The van der Waals surface area contributed by atoms with Crippen LogP contribution in [0.4, 0.5) is 0 Å². The van der Waals surface area contributed by atoms with Crippen LogP contribution in [-0.2, 0) is 0 Å². The van der Waals surface area contributed by atoms with Crippen molar-refractivity contribution >= 4 is 11.8 Å². The minimum Gasteiger partial charge on any atom is -0.0952 e. The second-order valence-corrected chi connectivity index (χ2v) is 7.01. The van der Waals surface area contributed by atoms with E-state index in [1.165, 1.54) is 41.0 Å². The van der Waals surface area contributed by atoms with Crippen LogP contribution in [0.2, 0.25) is 0 Å². The first-order chi connectivity index (χ1) is 10.8. The lowest BCUT2D eigenvalue weighted by atomic mass is 9.90. The predicted molar refractivity (Wildman–Crippen MR) is 99.4 cm³/mol. The molecule has 0 fully saturated rings. The van der Waals surface area contributed by atoms with E-state index in [1.807, 2.05) is 11.8 Å². The first-order valence-corrected chi connectivity index (χ1v) is 9.07. The summed E-state index contributed by atoms with van der Waals surface area (Å²) >= 11 is 1.81. The van der Waals surface area contributed by atoms with E-state index in [2.05, 4.69) is 74.2 Å². The van der Waals surface area contributed by atoms with Crippen LogP contribution < -0.4 is 0 Å². The van der Waals surface area contributed by atoms with E-state index in [1.54, 1.807) is 0 Å². The van der Waals surface area contributed by atoms with Gasteiger partial charge >= 0.3 is 0 Å². The van der Waals surface area contributed by atoms with E-state index < -0.39 is 0 Å². The van der Waals surface area contributed by atoms with Crippen molar-refractivity contribution < 1.29 is 0 Å². The van der Waals surface area contributed by atoms with Crippen LogP contribution in [0, 0.1) is 0 Å². The Balaban J connectivity index is 1.97. The Morgan fingerprint density at radius 3 is 2.23 bits per heavy atom. The molecule has 1 heteroatoms. The van der Waals surface area contributed by atoms with Crippen molar-refractivity contribution in [1.29, 1.82) is 0 Å². The standard InChI is InChI=1S/C21H26S/c1-3-4-7-14-20(19-12-8-5-9-13-19)17-18(2)22-21-15-10-6-11-16-21/h5-6,8-13,15-16,20H,2-4,7,14,17H2,1H3. The molecule has 0 aromatic heterocycles. The van der Waals surface area contributed by atoms with Gasteiger partial charge in [-0.15, -0.1) is 0 Å². The summed E-state index contributed by atoms with van der Waals surface area (Å²) in [7, 11) is 0. The highest BCUT2D eigenvalue weighted by Gasteiger charge is 2.13. The van der Waals surface area contributed by atoms with Gasteiger partial charge in [0.25, 0.3) is 0 Å². The van der Waals surface area contributed by atoms with E-state index in [0.717, 1.165) is 6.42 Å². The van der Waals surface area contributed by atoms with Gasteiger partial charge in [-0.2, -0.15) is 0 Å². The van der Waals surface area contributed by atoms with E-state index in [-0.39, 0.29) is 0 Å². The van der Waals surface area contributed by atoms with Crippen LogP contribution in [0.15, 0.2) is 77.0 Å². The Kier molecular flexibility index (Phi) is 7.32. The summed E-state index contributed by atoms with van der Waals surface area (Å²) in [6.07, 6.45) is 6.22. The first kappa shape index (κ1) is 16.9. The van der Waals surface area contributed by atoms with Gasteiger partial charge in [0.1, 0.15) is 0 Å². The quantitative estimate of drug-likeness (QED) is 0.353. The third-order valence-corrected chi connectivity index (χ3v) is 4.87. The van der Waals surface area contributed by atoms with Crippen molar-refractivity contribution in [2.45, 2.75) is 49.8 Å². The van der Waals surface area contributed by atoms with Gasteiger partial charge in [-0.05, 0) is 41.4 Å². The fourth-order valence-corrected chi connectivity index (χ4v) is 3.64. The molecule has 0 aliphatic carbocycles. The minimum atomic E-state index is 0.594. The molecule has 0 aliphatic rings. The largest absolute Gasteiger partial charge is 0.0952 e. The van der Waals surface area contributed by atoms with Gasteiger partial charge in [-0.3, -0.25) is 0 Å². The van der Waals surface area contributed by atoms with Crippen LogP contribution in [0.5, 0.6) is 0 Å². The molecule has 1 unspecified atom stereocenters. The molecule has 0 saturated heterocycles. The fraction of sp³-hybridized carbons (Fsp3) is 0.333. The Morgan fingerprint density at radius 2 is 1.59 bits per heavy atom. The van der Waals surface area contributed by atoms with Crippen molar-refractivity contribution in [3.8, 4) is 0 Å². The van der Waals surface area contributed by atoms with Crippen LogP contribution in [0.3, 0.4) is 0 Å². The van der Waals surface area contributed by atoms with E-state index in [9.17, 15) is 0 Å². The molecule has 0 bridgehead atoms. The number of hydrogen-bond acceptors (Lipinski definition) is 1. The molecular formula is C21H26S. The van der Waals surface area contributed by atoms with Gasteiger partial charge in [0.05, 0.1) is 0 Å². The van der Waals surface area contributed by atoms with Crippen LogP contribution in [0.25, 0.3) is 0 Å². The Labute approximate surface area is 139 Å². The van der Waals surface area contributed by atoms with Gasteiger partial charge < -0.3 is 0 Å². The third-order valence-electron chi connectivity index (χ3n) is 3.91. The summed E-state index contributed by atoms with van der Waals surface area (Å²) in [5, 5.41) is 0. The first-order valence-electron chi connectivity index (χ1n) is 8.25. The summed E-state index contributed by atoms with van der Waals surface area (Å²) in [5.74, 6) is 0.594. The average molecular weight is 311 g/mol. The summed E-state index contributed by atoms with van der Waals surface area (Å²) in [4.78, 5) is 2.55. The minimum absolute atomic E-state index is 0.594. The molecule has 22 heavy (non-hydrogen) atoms. The molecule has 116 valence electrons. The molecule has 0 radical (unpaired) electrons. The number of allylic oxidation sites excluding steroid dienone is 1. The SMILES string of the molecule is C=C(CC(CCCCC)c1ccccc1)Sc1ccccc1. The van der Waals surface area contributed by atoms with Gasteiger partial charge in [-0.25, -0.2) is 0 Å². The Morgan fingerprint density at radius 1 is 0.955 bits per heavy atom. The van der Waals surface area contributed by atoms with Gasteiger partial charge in [0.15, 0.2) is 0 Å². The molecule has 0 heterocycles. The van der Waals surface area contributed by atoms with Crippen LogP contribution in [0.1, 0.15) is 50.5 Å². The number of hydrogen-bond donors (Lipinski definition) is 0. The maximum atomic E-state index is 4.31. The number of thioether (sulfide) groups is 1. The highest BCUT2D eigenvalue weighted by atomic mass is 32.2. The molecule has 0 spiro atoms. The zero-order chi connectivity index (χ0) is 15.6. The number of rotatable bonds is 9. The summed E-state index contributed by atoms with van der Waals surface area (Å²) in [5.41, 5.74) is 1.45. The molecule has 0 saturated carbocycles. The molecule has 2 aromatic rings.